The summed E-state index contributed by atoms with van der Waals surface area (Å²) in [5.74, 6) is 0.485. The van der Waals surface area contributed by atoms with Gasteiger partial charge in [0.2, 0.25) is 11.8 Å². The van der Waals surface area contributed by atoms with Crippen LogP contribution in [0.3, 0.4) is 0 Å². The fraction of sp³-hybridized carbons (Fsp3) is 0.478. The predicted molar refractivity (Wildman–Crippen MR) is 128 cm³/mol. The van der Waals surface area contributed by atoms with E-state index >= 15 is 0 Å². The summed E-state index contributed by atoms with van der Waals surface area (Å²) in [6, 6.07) is 8.56. The Morgan fingerprint density at radius 2 is 1.94 bits per heavy atom. The Bertz CT molecular complexity index is 915. The van der Waals surface area contributed by atoms with Gasteiger partial charge < -0.3 is 20.7 Å². The van der Waals surface area contributed by atoms with Crippen LogP contribution in [-0.4, -0.2) is 58.2 Å². The maximum Gasteiger partial charge on any atom is 0.258 e. The molecule has 33 heavy (non-hydrogen) atoms. The number of para-hydroxylation sites is 1. The second-order valence-corrected chi connectivity index (χ2v) is 8.95. The van der Waals surface area contributed by atoms with Crippen molar-refractivity contribution in [1.82, 2.24) is 20.4 Å². The average molecular weight is 474 g/mol. The number of aromatic nitrogens is 2. The van der Waals surface area contributed by atoms with E-state index in [9.17, 15) is 14.4 Å². The second kappa shape index (κ2) is 12.9. The molecule has 0 saturated heterocycles. The van der Waals surface area contributed by atoms with E-state index in [1.165, 1.54) is 10.9 Å². The Hall–Kier alpha value is -3.01. The molecule has 10 heteroatoms. The predicted octanol–water partition coefficient (Wildman–Crippen LogP) is 2.20. The molecule has 1 aliphatic rings. The van der Waals surface area contributed by atoms with Crippen LogP contribution < -0.4 is 20.7 Å². The molecule has 1 aliphatic carbocycles. The highest BCUT2D eigenvalue weighted by Crippen LogP contribution is 2.17. The molecule has 0 spiro atoms. The molecule has 3 N–H and O–H groups in total. The molecule has 0 aliphatic heterocycles. The molecule has 178 valence electrons. The molecule has 1 aromatic carbocycles. The van der Waals surface area contributed by atoms with Gasteiger partial charge in [-0.15, -0.1) is 0 Å². The Morgan fingerprint density at radius 1 is 1.18 bits per heavy atom. The van der Waals surface area contributed by atoms with Crippen molar-refractivity contribution in [3.8, 4) is 5.75 Å². The Balaban J connectivity index is 1.49. The molecule has 3 rings (SSSR count). The molecular formula is C23H31N5O4S. The summed E-state index contributed by atoms with van der Waals surface area (Å²) in [6.45, 7) is -0.0864. The second-order valence-electron chi connectivity index (χ2n) is 7.97. The summed E-state index contributed by atoms with van der Waals surface area (Å²) >= 11 is 1.59. The van der Waals surface area contributed by atoms with E-state index < -0.39 is 6.04 Å². The molecule has 1 aromatic heterocycles. The summed E-state index contributed by atoms with van der Waals surface area (Å²) in [6.07, 6.45) is 9.85. The number of anilines is 1. The van der Waals surface area contributed by atoms with Crippen molar-refractivity contribution in [2.24, 2.45) is 0 Å². The molecule has 1 heterocycles. The van der Waals surface area contributed by atoms with Gasteiger partial charge in [0.15, 0.2) is 6.61 Å². The summed E-state index contributed by atoms with van der Waals surface area (Å²) in [5.41, 5.74) is 0.470. The topological polar surface area (TPSA) is 114 Å². The first-order chi connectivity index (χ1) is 16.0. The molecule has 2 aromatic rings. The van der Waals surface area contributed by atoms with Crippen molar-refractivity contribution in [2.45, 2.75) is 50.7 Å². The zero-order valence-electron chi connectivity index (χ0n) is 18.8. The molecule has 1 atom stereocenters. The number of carbonyl (C=O) groups excluding carboxylic acids is 3. The van der Waals surface area contributed by atoms with E-state index in [1.807, 2.05) is 24.5 Å². The molecule has 0 bridgehead atoms. The van der Waals surface area contributed by atoms with Gasteiger partial charge in [-0.25, -0.2) is 0 Å². The third-order valence-corrected chi connectivity index (χ3v) is 5.95. The maximum atomic E-state index is 12.8. The first kappa shape index (κ1) is 24.6. The number of carbonyl (C=O) groups is 3. The third kappa shape index (κ3) is 8.45. The van der Waals surface area contributed by atoms with E-state index in [-0.39, 0.29) is 36.9 Å². The normalized spacial score (nSPS) is 14.5. The largest absolute Gasteiger partial charge is 0.484 e. The van der Waals surface area contributed by atoms with Crippen molar-refractivity contribution in [3.05, 3.63) is 42.7 Å². The molecule has 1 saturated carbocycles. The van der Waals surface area contributed by atoms with E-state index in [2.05, 4.69) is 21.0 Å². The van der Waals surface area contributed by atoms with Gasteiger partial charge in [0.1, 0.15) is 18.3 Å². The first-order valence-corrected chi connectivity index (χ1v) is 12.5. The zero-order chi connectivity index (χ0) is 23.5. The van der Waals surface area contributed by atoms with Gasteiger partial charge in [-0.05, 0) is 43.4 Å². The number of hydrogen-bond donors (Lipinski definition) is 3. The number of hydrogen-bond acceptors (Lipinski definition) is 6. The minimum absolute atomic E-state index is 0.0913. The Kier molecular flexibility index (Phi) is 9.61. The van der Waals surface area contributed by atoms with Crippen molar-refractivity contribution >= 4 is 35.2 Å². The Labute approximate surface area is 198 Å². The van der Waals surface area contributed by atoms with Gasteiger partial charge in [-0.3, -0.25) is 19.1 Å². The Morgan fingerprint density at radius 3 is 2.67 bits per heavy atom. The summed E-state index contributed by atoms with van der Waals surface area (Å²) < 4.78 is 6.95. The molecule has 1 fully saturated rings. The lowest BCUT2D eigenvalue weighted by atomic mass is 10.2. The number of nitrogens with one attached hydrogen (secondary N) is 3. The highest BCUT2D eigenvalue weighted by atomic mass is 32.2. The SMILES string of the molecule is CSCCC(NC(=O)COc1ccccc1)C(=O)Nc1cnn(CC(=O)NC2CCCC2)c1. The van der Waals surface area contributed by atoms with Crippen molar-refractivity contribution in [1.29, 1.82) is 0 Å². The lowest BCUT2D eigenvalue weighted by molar-refractivity contribution is -0.127. The number of benzene rings is 1. The number of thioether (sulfide) groups is 1. The van der Waals surface area contributed by atoms with Crippen LogP contribution >= 0.6 is 11.8 Å². The van der Waals surface area contributed by atoms with Gasteiger partial charge in [0, 0.05) is 12.2 Å². The maximum absolute atomic E-state index is 12.8. The van der Waals surface area contributed by atoms with Crippen LogP contribution in [0.15, 0.2) is 42.7 Å². The van der Waals surface area contributed by atoms with Gasteiger partial charge in [0.05, 0.1) is 11.9 Å². The average Bonchev–Trinajstić information content (AvgIpc) is 3.48. The van der Waals surface area contributed by atoms with Crippen LogP contribution in [0, 0.1) is 0 Å². The van der Waals surface area contributed by atoms with Crippen molar-refractivity contribution in [2.75, 3.05) is 23.9 Å². The highest BCUT2D eigenvalue weighted by molar-refractivity contribution is 7.98. The summed E-state index contributed by atoms with van der Waals surface area (Å²) in [7, 11) is 0. The van der Waals surface area contributed by atoms with Gasteiger partial charge >= 0.3 is 0 Å². The minimum Gasteiger partial charge on any atom is -0.484 e. The number of rotatable bonds is 12. The molecular weight excluding hydrogens is 442 g/mol. The molecule has 1 unspecified atom stereocenters. The summed E-state index contributed by atoms with van der Waals surface area (Å²) in [5, 5.41) is 12.7. The van der Waals surface area contributed by atoms with Crippen LogP contribution in [-0.2, 0) is 20.9 Å². The van der Waals surface area contributed by atoms with E-state index in [0.717, 1.165) is 25.7 Å². The molecule has 3 amide bonds. The fourth-order valence-electron chi connectivity index (χ4n) is 3.64. The third-order valence-electron chi connectivity index (χ3n) is 5.30. The van der Waals surface area contributed by atoms with E-state index in [1.54, 1.807) is 30.1 Å². The quantitative estimate of drug-likeness (QED) is 0.435. The molecule has 9 nitrogen and oxygen atoms in total. The minimum atomic E-state index is -0.710. The monoisotopic (exact) mass is 473 g/mol. The van der Waals surface area contributed by atoms with Crippen LogP contribution in [0.1, 0.15) is 32.1 Å². The van der Waals surface area contributed by atoms with Crippen LogP contribution in [0.4, 0.5) is 5.69 Å². The highest BCUT2D eigenvalue weighted by Gasteiger charge is 2.22. The number of nitrogens with zero attached hydrogens (tertiary/aromatic N) is 2. The van der Waals surface area contributed by atoms with Gasteiger partial charge in [-0.2, -0.15) is 16.9 Å². The fourth-order valence-corrected chi connectivity index (χ4v) is 4.11. The van der Waals surface area contributed by atoms with Crippen LogP contribution in [0.5, 0.6) is 5.75 Å². The first-order valence-electron chi connectivity index (χ1n) is 11.1. The molecule has 0 radical (unpaired) electrons. The lowest BCUT2D eigenvalue weighted by Crippen LogP contribution is -2.45. The summed E-state index contributed by atoms with van der Waals surface area (Å²) in [4.78, 5) is 37.3. The van der Waals surface area contributed by atoms with Crippen molar-refractivity contribution in [3.63, 3.8) is 0 Å². The van der Waals surface area contributed by atoms with E-state index in [4.69, 9.17) is 4.74 Å². The lowest BCUT2D eigenvalue weighted by Gasteiger charge is -2.18. The van der Waals surface area contributed by atoms with Gasteiger partial charge in [0.25, 0.3) is 5.91 Å². The number of amides is 3. The van der Waals surface area contributed by atoms with Crippen LogP contribution in [0.25, 0.3) is 0 Å². The number of ether oxygens (including phenoxy) is 1. The van der Waals surface area contributed by atoms with Crippen molar-refractivity contribution < 1.29 is 19.1 Å². The smallest absolute Gasteiger partial charge is 0.258 e. The van der Waals surface area contributed by atoms with E-state index in [0.29, 0.717) is 23.6 Å². The van der Waals surface area contributed by atoms with Gasteiger partial charge in [-0.1, -0.05) is 31.0 Å². The standard InChI is InChI=1S/C23H31N5O4S/c1-33-12-11-20(27-22(30)16-32-19-9-3-2-4-10-19)23(31)26-18-13-24-28(14-18)15-21(29)25-17-7-5-6-8-17/h2-4,9-10,13-14,17,20H,5-8,11-12,15-16H2,1H3,(H,25,29)(H,26,31)(H,27,30). The van der Waals surface area contributed by atoms with Crippen LogP contribution in [0.2, 0.25) is 0 Å². The zero-order valence-corrected chi connectivity index (χ0v) is 19.6.